The first kappa shape index (κ1) is 10.5. The van der Waals surface area contributed by atoms with Crippen LogP contribution in [-0.2, 0) is 0 Å². The molecule has 2 rings (SSSR count). The molecule has 0 spiro atoms. The first-order chi connectivity index (χ1) is 7.25. The van der Waals surface area contributed by atoms with E-state index in [0.717, 1.165) is 10.0 Å². The monoisotopic (exact) mass is 238 g/mol. The Balaban J connectivity index is 2.07. The number of nitrogens with one attached hydrogen (secondary N) is 1. The number of thiophene rings is 1. The van der Waals surface area contributed by atoms with Crippen LogP contribution in [-0.4, -0.2) is 4.98 Å². The van der Waals surface area contributed by atoms with E-state index in [2.05, 4.69) is 17.2 Å². The van der Waals surface area contributed by atoms with E-state index < -0.39 is 0 Å². The van der Waals surface area contributed by atoms with Gasteiger partial charge in [-0.3, -0.25) is 4.98 Å². The SMILES string of the molecule is CC(Nc1cccnc1)c1ccc(Cl)s1. The van der Waals surface area contributed by atoms with Crippen LogP contribution < -0.4 is 5.32 Å². The summed E-state index contributed by atoms with van der Waals surface area (Å²) in [6.07, 6.45) is 3.57. The Morgan fingerprint density at radius 3 is 2.87 bits per heavy atom. The molecule has 78 valence electrons. The number of aromatic nitrogens is 1. The first-order valence-corrected chi connectivity index (χ1v) is 5.87. The molecule has 2 aromatic rings. The highest BCUT2D eigenvalue weighted by atomic mass is 35.5. The van der Waals surface area contributed by atoms with Crippen molar-refractivity contribution in [3.63, 3.8) is 0 Å². The van der Waals surface area contributed by atoms with Crippen molar-refractivity contribution in [3.8, 4) is 0 Å². The van der Waals surface area contributed by atoms with E-state index in [4.69, 9.17) is 11.6 Å². The quantitative estimate of drug-likeness (QED) is 0.875. The van der Waals surface area contributed by atoms with Crippen LogP contribution in [0, 0.1) is 0 Å². The maximum Gasteiger partial charge on any atom is 0.0932 e. The molecule has 0 saturated heterocycles. The fraction of sp³-hybridized carbons (Fsp3) is 0.182. The molecular formula is C11H11ClN2S. The minimum Gasteiger partial charge on any atom is -0.376 e. The van der Waals surface area contributed by atoms with Gasteiger partial charge in [0.2, 0.25) is 0 Å². The van der Waals surface area contributed by atoms with Crippen LogP contribution in [0.3, 0.4) is 0 Å². The van der Waals surface area contributed by atoms with Crippen molar-refractivity contribution in [3.05, 3.63) is 45.9 Å². The highest BCUT2D eigenvalue weighted by Crippen LogP contribution is 2.28. The molecular weight excluding hydrogens is 228 g/mol. The Morgan fingerprint density at radius 1 is 1.40 bits per heavy atom. The summed E-state index contributed by atoms with van der Waals surface area (Å²) in [5, 5.41) is 3.36. The van der Waals surface area contributed by atoms with Gasteiger partial charge in [0.05, 0.1) is 16.1 Å². The van der Waals surface area contributed by atoms with Crippen LogP contribution >= 0.6 is 22.9 Å². The van der Waals surface area contributed by atoms with Crippen LogP contribution in [0.25, 0.3) is 0 Å². The molecule has 1 N–H and O–H groups in total. The number of pyridine rings is 1. The van der Waals surface area contributed by atoms with Crippen molar-refractivity contribution in [2.45, 2.75) is 13.0 Å². The zero-order chi connectivity index (χ0) is 10.7. The number of nitrogens with zero attached hydrogens (tertiary/aromatic N) is 1. The first-order valence-electron chi connectivity index (χ1n) is 4.67. The molecule has 15 heavy (non-hydrogen) atoms. The van der Waals surface area contributed by atoms with Gasteiger partial charge in [-0.15, -0.1) is 11.3 Å². The molecule has 0 bridgehead atoms. The van der Waals surface area contributed by atoms with E-state index in [1.54, 1.807) is 17.5 Å². The molecule has 2 heterocycles. The summed E-state index contributed by atoms with van der Waals surface area (Å²) in [5.41, 5.74) is 1.02. The van der Waals surface area contributed by atoms with Crippen molar-refractivity contribution in [2.24, 2.45) is 0 Å². The third-order valence-electron chi connectivity index (χ3n) is 2.07. The summed E-state index contributed by atoms with van der Waals surface area (Å²) >= 11 is 7.48. The number of anilines is 1. The van der Waals surface area contributed by atoms with Gasteiger partial charge >= 0.3 is 0 Å². The Hall–Kier alpha value is -1.06. The van der Waals surface area contributed by atoms with Crippen molar-refractivity contribution in [1.82, 2.24) is 4.98 Å². The van der Waals surface area contributed by atoms with Crippen molar-refractivity contribution in [2.75, 3.05) is 5.32 Å². The minimum absolute atomic E-state index is 0.256. The molecule has 0 aliphatic carbocycles. The van der Waals surface area contributed by atoms with Crippen LogP contribution in [0.5, 0.6) is 0 Å². The standard InChI is InChI=1S/C11H11ClN2S/c1-8(10-4-5-11(12)15-10)14-9-3-2-6-13-7-9/h2-8,14H,1H3. The fourth-order valence-corrected chi connectivity index (χ4v) is 2.39. The van der Waals surface area contributed by atoms with E-state index in [1.165, 1.54) is 4.88 Å². The van der Waals surface area contributed by atoms with Gasteiger partial charge < -0.3 is 5.32 Å². The van der Waals surface area contributed by atoms with E-state index in [-0.39, 0.29) is 6.04 Å². The van der Waals surface area contributed by atoms with Gasteiger partial charge in [0.25, 0.3) is 0 Å². The summed E-state index contributed by atoms with van der Waals surface area (Å²) < 4.78 is 0.824. The molecule has 2 aromatic heterocycles. The van der Waals surface area contributed by atoms with Gasteiger partial charge in [0.15, 0.2) is 0 Å². The summed E-state index contributed by atoms with van der Waals surface area (Å²) in [4.78, 5) is 5.28. The average Bonchev–Trinajstić information content (AvgIpc) is 2.66. The van der Waals surface area contributed by atoms with Gasteiger partial charge in [-0.05, 0) is 31.2 Å². The summed E-state index contributed by atoms with van der Waals surface area (Å²) in [6, 6.07) is 8.13. The minimum atomic E-state index is 0.256. The number of hydrogen-bond acceptors (Lipinski definition) is 3. The normalized spacial score (nSPS) is 12.4. The predicted molar refractivity (Wildman–Crippen MR) is 65.6 cm³/mol. The lowest BCUT2D eigenvalue weighted by molar-refractivity contribution is 0.906. The highest BCUT2D eigenvalue weighted by molar-refractivity contribution is 7.16. The van der Waals surface area contributed by atoms with E-state index in [9.17, 15) is 0 Å². The lowest BCUT2D eigenvalue weighted by atomic mass is 10.2. The predicted octanol–water partition coefficient (Wildman–Crippen LogP) is 3.97. The Labute approximate surface area is 97.9 Å². The maximum atomic E-state index is 5.89. The highest BCUT2D eigenvalue weighted by Gasteiger charge is 2.07. The molecule has 0 amide bonds. The molecule has 0 fully saturated rings. The smallest absolute Gasteiger partial charge is 0.0932 e. The van der Waals surface area contributed by atoms with Crippen LogP contribution in [0.4, 0.5) is 5.69 Å². The van der Waals surface area contributed by atoms with Crippen molar-refractivity contribution >= 4 is 28.6 Å². The van der Waals surface area contributed by atoms with Gasteiger partial charge in [0.1, 0.15) is 0 Å². The molecule has 1 unspecified atom stereocenters. The van der Waals surface area contributed by atoms with Gasteiger partial charge in [-0.2, -0.15) is 0 Å². The molecule has 1 atom stereocenters. The van der Waals surface area contributed by atoms with Gasteiger partial charge in [-0.1, -0.05) is 11.6 Å². The Morgan fingerprint density at radius 2 is 2.27 bits per heavy atom. The zero-order valence-electron chi connectivity index (χ0n) is 8.27. The van der Waals surface area contributed by atoms with E-state index >= 15 is 0 Å². The average molecular weight is 239 g/mol. The Bertz CT molecular complexity index is 427. The molecule has 2 nitrogen and oxygen atoms in total. The molecule has 0 radical (unpaired) electrons. The molecule has 0 aliphatic heterocycles. The summed E-state index contributed by atoms with van der Waals surface area (Å²) in [5.74, 6) is 0. The van der Waals surface area contributed by atoms with E-state index in [1.807, 2.05) is 30.5 Å². The fourth-order valence-electron chi connectivity index (χ4n) is 1.33. The largest absolute Gasteiger partial charge is 0.376 e. The second-order valence-corrected chi connectivity index (χ2v) is 5.00. The third kappa shape index (κ3) is 2.70. The van der Waals surface area contributed by atoms with Crippen molar-refractivity contribution in [1.29, 1.82) is 0 Å². The van der Waals surface area contributed by atoms with Crippen LogP contribution in [0.1, 0.15) is 17.8 Å². The molecule has 0 aliphatic rings. The van der Waals surface area contributed by atoms with Crippen LogP contribution in [0.15, 0.2) is 36.7 Å². The molecule has 0 saturated carbocycles. The third-order valence-corrected chi connectivity index (χ3v) is 3.48. The summed E-state index contributed by atoms with van der Waals surface area (Å²) in [7, 11) is 0. The Kier molecular flexibility index (Phi) is 3.23. The summed E-state index contributed by atoms with van der Waals surface area (Å²) in [6.45, 7) is 2.11. The van der Waals surface area contributed by atoms with Crippen molar-refractivity contribution < 1.29 is 0 Å². The van der Waals surface area contributed by atoms with Gasteiger partial charge in [0, 0.05) is 17.3 Å². The second kappa shape index (κ2) is 4.64. The second-order valence-electron chi connectivity index (χ2n) is 3.25. The maximum absolute atomic E-state index is 5.89. The molecule has 0 aromatic carbocycles. The number of rotatable bonds is 3. The lowest BCUT2D eigenvalue weighted by Crippen LogP contribution is -2.04. The molecule has 4 heteroatoms. The lowest BCUT2D eigenvalue weighted by Gasteiger charge is -2.12. The zero-order valence-corrected chi connectivity index (χ0v) is 9.85. The number of hydrogen-bond donors (Lipinski definition) is 1. The van der Waals surface area contributed by atoms with Crippen LogP contribution in [0.2, 0.25) is 4.34 Å². The topological polar surface area (TPSA) is 24.9 Å². The van der Waals surface area contributed by atoms with Gasteiger partial charge in [-0.25, -0.2) is 0 Å². The van der Waals surface area contributed by atoms with E-state index in [0.29, 0.717) is 0 Å². The number of halogens is 1.